The Morgan fingerprint density at radius 3 is 2.23 bits per heavy atom. The van der Waals surface area contributed by atoms with Crippen LogP contribution in [0.1, 0.15) is 25.6 Å². The summed E-state index contributed by atoms with van der Waals surface area (Å²) in [7, 11) is -1.94. The van der Waals surface area contributed by atoms with Crippen LogP contribution in [0.25, 0.3) is 11.3 Å². The van der Waals surface area contributed by atoms with Gasteiger partial charge in [-0.15, -0.1) is 0 Å². The fraction of sp³-hybridized carbons (Fsp3) is 0.400. The molecule has 0 saturated heterocycles. The van der Waals surface area contributed by atoms with E-state index in [9.17, 15) is 12.8 Å². The molecule has 0 fully saturated rings. The Labute approximate surface area is 130 Å². The highest BCUT2D eigenvalue weighted by molar-refractivity contribution is 7.92. The highest BCUT2D eigenvalue weighted by atomic mass is 32.2. The molecule has 0 atom stereocenters. The van der Waals surface area contributed by atoms with Gasteiger partial charge in [-0.1, -0.05) is 0 Å². The van der Waals surface area contributed by atoms with Crippen molar-refractivity contribution in [1.29, 1.82) is 0 Å². The van der Waals surface area contributed by atoms with Crippen LogP contribution in [0.5, 0.6) is 0 Å². The molecule has 2 rings (SSSR count). The van der Waals surface area contributed by atoms with Crippen molar-refractivity contribution in [3.63, 3.8) is 0 Å². The van der Waals surface area contributed by atoms with Gasteiger partial charge in [0.1, 0.15) is 5.82 Å². The standard InChI is InChI=1S/C15H20FN3O2S/c1-10(2)19-11(3)14(12-6-8-13(16)9-7-12)17-15(19)18(4)22(5,20)21/h6-10H,1-5H3. The van der Waals surface area contributed by atoms with Gasteiger partial charge in [0.25, 0.3) is 0 Å². The quantitative estimate of drug-likeness (QED) is 0.868. The lowest BCUT2D eigenvalue weighted by molar-refractivity contribution is 0.577. The van der Waals surface area contributed by atoms with E-state index < -0.39 is 10.0 Å². The smallest absolute Gasteiger partial charge is 0.234 e. The maximum absolute atomic E-state index is 13.1. The van der Waals surface area contributed by atoms with E-state index in [0.717, 1.165) is 21.8 Å². The summed E-state index contributed by atoms with van der Waals surface area (Å²) in [6.45, 7) is 5.80. The van der Waals surface area contributed by atoms with Gasteiger partial charge in [0.05, 0.1) is 11.9 Å². The van der Waals surface area contributed by atoms with Crippen molar-refractivity contribution in [2.75, 3.05) is 17.6 Å². The Morgan fingerprint density at radius 2 is 1.77 bits per heavy atom. The van der Waals surface area contributed by atoms with Gasteiger partial charge in [0, 0.05) is 24.3 Å². The number of rotatable bonds is 4. The summed E-state index contributed by atoms with van der Waals surface area (Å²) in [5.41, 5.74) is 2.24. The molecule has 0 aliphatic heterocycles. The molecule has 2 aromatic rings. The van der Waals surface area contributed by atoms with E-state index >= 15 is 0 Å². The first-order valence-electron chi connectivity index (χ1n) is 6.91. The number of halogens is 1. The second kappa shape index (κ2) is 5.72. The van der Waals surface area contributed by atoms with Gasteiger partial charge in [0.15, 0.2) is 0 Å². The average molecular weight is 325 g/mol. The van der Waals surface area contributed by atoms with Crippen LogP contribution >= 0.6 is 0 Å². The lowest BCUT2D eigenvalue weighted by atomic mass is 10.1. The highest BCUT2D eigenvalue weighted by Crippen LogP contribution is 2.31. The Bertz CT molecular complexity index is 780. The molecule has 0 saturated carbocycles. The Morgan fingerprint density at radius 1 is 1.23 bits per heavy atom. The molecule has 0 unspecified atom stereocenters. The number of nitrogens with zero attached hydrogens (tertiary/aromatic N) is 3. The minimum absolute atomic E-state index is 0.0425. The van der Waals surface area contributed by atoms with Gasteiger partial charge >= 0.3 is 0 Å². The van der Waals surface area contributed by atoms with Crippen LogP contribution in [-0.4, -0.2) is 31.3 Å². The molecule has 0 N–H and O–H groups in total. The van der Waals surface area contributed by atoms with Gasteiger partial charge < -0.3 is 4.57 Å². The van der Waals surface area contributed by atoms with E-state index in [1.54, 1.807) is 12.1 Å². The zero-order valence-corrected chi connectivity index (χ0v) is 14.1. The molecule has 0 amide bonds. The van der Waals surface area contributed by atoms with Crippen molar-refractivity contribution in [1.82, 2.24) is 9.55 Å². The number of hydrogen-bond donors (Lipinski definition) is 0. The molecule has 5 nitrogen and oxygen atoms in total. The van der Waals surface area contributed by atoms with E-state index in [2.05, 4.69) is 4.98 Å². The molecule has 1 aromatic carbocycles. The lowest BCUT2D eigenvalue weighted by Gasteiger charge is -2.20. The fourth-order valence-electron chi connectivity index (χ4n) is 2.37. The number of sulfonamides is 1. The molecule has 1 aromatic heterocycles. The van der Waals surface area contributed by atoms with Gasteiger partial charge in [0.2, 0.25) is 16.0 Å². The summed E-state index contributed by atoms with van der Waals surface area (Å²) >= 11 is 0. The van der Waals surface area contributed by atoms with Crippen molar-refractivity contribution in [3.8, 4) is 11.3 Å². The van der Waals surface area contributed by atoms with Crippen molar-refractivity contribution in [2.45, 2.75) is 26.8 Å². The van der Waals surface area contributed by atoms with E-state index in [0.29, 0.717) is 11.6 Å². The van der Waals surface area contributed by atoms with Crippen molar-refractivity contribution in [2.24, 2.45) is 0 Å². The minimum Gasteiger partial charge on any atom is -0.311 e. The maximum atomic E-state index is 13.1. The van der Waals surface area contributed by atoms with E-state index in [1.165, 1.54) is 19.2 Å². The molecular weight excluding hydrogens is 305 g/mol. The third-order valence-electron chi connectivity index (χ3n) is 3.54. The first kappa shape index (κ1) is 16.5. The second-order valence-corrected chi connectivity index (χ2v) is 7.56. The van der Waals surface area contributed by atoms with E-state index in [4.69, 9.17) is 0 Å². The number of benzene rings is 1. The van der Waals surface area contributed by atoms with E-state index in [1.807, 2.05) is 25.3 Å². The number of hydrogen-bond acceptors (Lipinski definition) is 3. The fourth-order valence-corrected chi connectivity index (χ4v) is 2.79. The molecule has 22 heavy (non-hydrogen) atoms. The number of anilines is 1. The zero-order valence-electron chi connectivity index (χ0n) is 13.3. The Hall–Kier alpha value is -1.89. The molecule has 120 valence electrons. The predicted molar refractivity (Wildman–Crippen MR) is 86.0 cm³/mol. The largest absolute Gasteiger partial charge is 0.311 e. The summed E-state index contributed by atoms with van der Waals surface area (Å²) in [6.07, 6.45) is 1.14. The van der Waals surface area contributed by atoms with Crippen LogP contribution in [0, 0.1) is 12.7 Å². The predicted octanol–water partition coefficient (Wildman–Crippen LogP) is 2.97. The highest BCUT2D eigenvalue weighted by Gasteiger charge is 2.24. The third-order valence-corrected chi connectivity index (χ3v) is 4.70. The normalized spacial score (nSPS) is 12.0. The SMILES string of the molecule is Cc1c(-c2ccc(F)cc2)nc(N(C)S(C)(=O)=O)n1C(C)C. The maximum Gasteiger partial charge on any atom is 0.234 e. The van der Waals surface area contributed by atoms with Gasteiger partial charge in [-0.05, 0) is 45.0 Å². The first-order valence-corrected chi connectivity index (χ1v) is 8.76. The Kier molecular flexibility index (Phi) is 4.28. The molecule has 7 heteroatoms. The van der Waals surface area contributed by atoms with Gasteiger partial charge in [-0.3, -0.25) is 0 Å². The summed E-state index contributed by atoms with van der Waals surface area (Å²) in [4.78, 5) is 4.48. The second-order valence-electron chi connectivity index (χ2n) is 5.55. The van der Waals surface area contributed by atoms with Crippen LogP contribution in [0.3, 0.4) is 0 Å². The first-order chi connectivity index (χ1) is 10.1. The number of imidazole rings is 1. The molecule has 0 bridgehead atoms. The summed E-state index contributed by atoms with van der Waals surface area (Å²) in [6, 6.07) is 6.05. The molecule has 0 radical (unpaired) electrons. The molecular formula is C15H20FN3O2S. The molecule has 0 aliphatic carbocycles. The van der Waals surface area contributed by atoms with E-state index in [-0.39, 0.29) is 11.9 Å². The van der Waals surface area contributed by atoms with Crippen LogP contribution in [0.15, 0.2) is 24.3 Å². The number of aromatic nitrogens is 2. The van der Waals surface area contributed by atoms with Crippen LogP contribution < -0.4 is 4.31 Å². The van der Waals surface area contributed by atoms with Crippen LogP contribution in [-0.2, 0) is 10.0 Å². The van der Waals surface area contributed by atoms with Crippen LogP contribution in [0.2, 0.25) is 0 Å². The third kappa shape index (κ3) is 2.99. The lowest BCUT2D eigenvalue weighted by Crippen LogP contribution is -2.28. The van der Waals surface area contributed by atoms with Crippen LogP contribution in [0.4, 0.5) is 10.3 Å². The monoisotopic (exact) mass is 325 g/mol. The van der Waals surface area contributed by atoms with Crippen molar-refractivity contribution in [3.05, 3.63) is 35.8 Å². The molecule has 0 aliphatic rings. The average Bonchev–Trinajstić information content (AvgIpc) is 2.75. The van der Waals surface area contributed by atoms with Crippen molar-refractivity contribution < 1.29 is 12.8 Å². The topological polar surface area (TPSA) is 55.2 Å². The van der Waals surface area contributed by atoms with Gasteiger partial charge in [-0.2, -0.15) is 0 Å². The zero-order chi connectivity index (χ0) is 16.7. The summed E-state index contributed by atoms with van der Waals surface area (Å²) in [5.74, 6) is 0.0347. The summed E-state index contributed by atoms with van der Waals surface area (Å²) < 4.78 is 39.8. The molecule has 1 heterocycles. The molecule has 0 spiro atoms. The summed E-state index contributed by atoms with van der Waals surface area (Å²) in [5, 5.41) is 0. The minimum atomic E-state index is -3.41. The van der Waals surface area contributed by atoms with Crippen molar-refractivity contribution >= 4 is 16.0 Å². The van der Waals surface area contributed by atoms with Gasteiger partial charge in [-0.25, -0.2) is 22.1 Å². The Balaban J connectivity index is 2.66.